The second-order valence-corrected chi connectivity index (χ2v) is 4.70. The molecule has 2 N–H and O–H groups in total. The normalized spacial score (nSPS) is 10.5. The average molecular weight is 287 g/mol. The van der Waals surface area contributed by atoms with Gasteiger partial charge in [0.15, 0.2) is 0 Å². The third-order valence-electron chi connectivity index (χ3n) is 3.18. The fourth-order valence-corrected chi connectivity index (χ4v) is 2.03. The lowest BCUT2D eigenvalue weighted by atomic mass is 10.2. The predicted molar refractivity (Wildman–Crippen MR) is 80.5 cm³/mol. The number of benzene rings is 1. The van der Waals surface area contributed by atoms with E-state index in [4.69, 9.17) is 5.73 Å². The molecule has 0 aliphatic carbocycles. The molecule has 0 saturated heterocycles. The van der Waals surface area contributed by atoms with E-state index < -0.39 is 17.2 Å². The van der Waals surface area contributed by atoms with Crippen LogP contribution in [0.5, 0.6) is 0 Å². The van der Waals surface area contributed by atoms with Crippen LogP contribution in [-0.4, -0.2) is 15.0 Å². The number of unbranched alkanes of at least 4 members (excludes halogenated alkanes) is 1. The average Bonchev–Trinajstić information content (AvgIpc) is 2.47. The Kier molecular flexibility index (Phi) is 4.37. The van der Waals surface area contributed by atoms with Crippen LogP contribution in [0.1, 0.15) is 30.1 Å². The van der Waals surface area contributed by atoms with Crippen molar-refractivity contribution in [2.75, 3.05) is 5.73 Å². The zero-order valence-corrected chi connectivity index (χ0v) is 11.8. The minimum atomic E-state index is -0.692. The molecule has 0 saturated carbocycles. The second-order valence-electron chi connectivity index (χ2n) is 4.70. The summed E-state index contributed by atoms with van der Waals surface area (Å²) in [6.45, 7) is 2.23. The van der Waals surface area contributed by atoms with Crippen LogP contribution in [0.15, 0.2) is 46.0 Å². The van der Waals surface area contributed by atoms with Gasteiger partial charge in [-0.1, -0.05) is 31.5 Å². The van der Waals surface area contributed by atoms with Crippen molar-refractivity contribution in [3.63, 3.8) is 0 Å². The predicted octanol–water partition coefficient (Wildman–Crippen LogP) is 1.08. The fourth-order valence-electron chi connectivity index (χ4n) is 2.03. The van der Waals surface area contributed by atoms with E-state index in [9.17, 15) is 14.4 Å². The van der Waals surface area contributed by atoms with Crippen LogP contribution in [0.25, 0.3) is 0 Å². The van der Waals surface area contributed by atoms with E-state index in [0.717, 1.165) is 21.6 Å². The molecule has 0 fully saturated rings. The highest BCUT2D eigenvalue weighted by atomic mass is 16.2. The molecule has 6 nitrogen and oxygen atoms in total. The number of rotatable bonds is 4. The van der Waals surface area contributed by atoms with Crippen LogP contribution in [0, 0.1) is 0 Å². The number of nitrogens with zero attached hydrogens (tertiary/aromatic N) is 2. The first-order chi connectivity index (χ1) is 10.1. The Balaban J connectivity index is 2.56. The highest BCUT2D eigenvalue weighted by Crippen LogP contribution is 2.04. The Hall–Kier alpha value is -2.63. The van der Waals surface area contributed by atoms with Crippen LogP contribution in [0.2, 0.25) is 0 Å². The molecular formula is C15H17N3O3. The first kappa shape index (κ1) is 14.8. The molecule has 0 aliphatic rings. The molecule has 21 heavy (non-hydrogen) atoms. The number of nitrogens with two attached hydrogens (primary N) is 1. The SMILES string of the molecule is CCCCn1c(=O)cc(N)n(C(=O)c2ccccc2)c1=O. The van der Waals surface area contributed by atoms with Crippen molar-refractivity contribution >= 4 is 11.7 Å². The molecule has 0 radical (unpaired) electrons. The van der Waals surface area contributed by atoms with Crippen molar-refractivity contribution in [3.8, 4) is 0 Å². The Labute approximate surface area is 121 Å². The monoisotopic (exact) mass is 287 g/mol. The molecule has 1 aromatic heterocycles. The van der Waals surface area contributed by atoms with E-state index >= 15 is 0 Å². The Morgan fingerprint density at radius 3 is 2.48 bits per heavy atom. The molecule has 0 atom stereocenters. The minimum Gasteiger partial charge on any atom is -0.384 e. The van der Waals surface area contributed by atoms with E-state index in [2.05, 4.69) is 0 Å². The van der Waals surface area contributed by atoms with Crippen LogP contribution in [0.3, 0.4) is 0 Å². The lowest BCUT2D eigenvalue weighted by molar-refractivity contribution is 0.0955. The summed E-state index contributed by atoms with van der Waals surface area (Å²) in [5.41, 5.74) is 4.85. The van der Waals surface area contributed by atoms with Gasteiger partial charge in [0.05, 0.1) is 0 Å². The highest BCUT2D eigenvalue weighted by molar-refractivity contribution is 5.97. The lowest BCUT2D eigenvalue weighted by Gasteiger charge is -2.11. The molecule has 0 aliphatic heterocycles. The molecule has 1 heterocycles. The van der Waals surface area contributed by atoms with Crippen molar-refractivity contribution < 1.29 is 4.79 Å². The van der Waals surface area contributed by atoms with Crippen LogP contribution >= 0.6 is 0 Å². The second kappa shape index (κ2) is 6.21. The maximum absolute atomic E-state index is 12.4. The van der Waals surface area contributed by atoms with Gasteiger partial charge in [0.2, 0.25) is 0 Å². The van der Waals surface area contributed by atoms with Gasteiger partial charge in [0.1, 0.15) is 5.82 Å². The van der Waals surface area contributed by atoms with Crippen LogP contribution in [0.4, 0.5) is 5.82 Å². The summed E-state index contributed by atoms with van der Waals surface area (Å²) in [7, 11) is 0. The maximum Gasteiger partial charge on any atom is 0.339 e. The molecule has 110 valence electrons. The topological polar surface area (TPSA) is 87.1 Å². The quantitative estimate of drug-likeness (QED) is 0.911. The summed E-state index contributed by atoms with van der Waals surface area (Å²) in [6.07, 6.45) is 1.52. The molecule has 0 spiro atoms. The third-order valence-corrected chi connectivity index (χ3v) is 3.18. The Morgan fingerprint density at radius 1 is 1.19 bits per heavy atom. The van der Waals surface area contributed by atoms with E-state index in [-0.39, 0.29) is 12.4 Å². The number of aromatic nitrogens is 2. The van der Waals surface area contributed by atoms with E-state index in [1.165, 1.54) is 0 Å². The molecule has 2 rings (SSSR count). The smallest absolute Gasteiger partial charge is 0.339 e. The van der Waals surface area contributed by atoms with Gasteiger partial charge < -0.3 is 5.73 Å². The Bertz CT molecular complexity index is 760. The summed E-state index contributed by atoms with van der Waals surface area (Å²) >= 11 is 0. The number of carbonyl (C=O) groups is 1. The molecule has 6 heteroatoms. The molecule has 2 aromatic rings. The summed E-state index contributed by atoms with van der Waals surface area (Å²) in [6, 6.07) is 9.46. The van der Waals surface area contributed by atoms with E-state index in [1.54, 1.807) is 30.3 Å². The molecule has 0 bridgehead atoms. The molecule has 1 aromatic carbocycles. The van der Waals surface area contributed by atoms with Gasteiger partial charge in [-0.3, -0.25) is 14.2 Å². The van der Waals surface area contributed by atoms with Gasteiger partial charge in [0.25, 0.3) is 11.5 Å². The summed E-state index contributed by atoms with van der Waals surface area (Å²) < 4.78 is 1.88. The zero-order valence-electron chi connectivity index (χ0n) is 11.8. The molecule has 0 amide bonds. The fraction of sp³-hybridized carbons (Fsp3) is 0.267. The van der Waals surface area contributed by atoms with E-state index in [1.807, 2.05) is 6.92 Å². The summed E-state index contributed by atoms with van der Waals surface area (Å²) in [4.78, 5) is 36.6. The van der Waals surface area contributed by atoms with Crippen molar-refractivity contribution in [1.29, 1.82) is 0 Å². The highest BCUT2D eigenvalue weighted by Gasteiger charge is 2.16. The minimum absolute atomic E-state index is 0.147. The van der Waals surface area contributed by atoms with Crippen molar-refractivity contribution in [3.05, 3.63) is 62.8 Å². The van der Waals surface area contributed by atoms with Gasteiger partial charge in [-0.05, 0) is 18.6 Å². The third kappa shape index (κ3) is 2.94. The number of carbonyl (C=O) groups excluding carboxylic acids is 1. The van der Waals surface area contributed by atoms with Gasteiger partial charge >= 0.3 is 5.69 Å². The summed E-state index contributed by atoms with van der Waals surface area (Å²) in [5.74, 6) is -0.685. The van der Waals surface area contributed by atoms with Crippen molar-refractivity contribution in [2.24, 2.45) is 0 Å². The van der Waals surface area contributed by atoms with Crippen LogP contribution in [-0.2, 0) is 6.54 Å². The number of hydrogen-bond donors (Lipinski definition) is 1. The first-order valence-electron chi connectivity index (χ1n) is 6.78. The van der Waals surface area contributed by atoms with Crippen molar-refractivity contribution in [1.82, 2.24) is 9.13 Å². The number of anilines is 1. The first-order valence-corrected chi connectivity index (χ1v) is 6.78. The number of nitrogen functional groups attached to an aromatic ring is 1. The Morgan fingerprint density at radius 2 is 1.86 bits per heavy atom. The molecule has 0 unspecified atom stereocenters. The van der Waals surface area contributed by atoms with Gasteiger partial charge in [-0.25, -0.2) is 9.36 Å². The van der Waals surface area contributed by atoms with Gasteiger partial charge in [0, 0.05) is 18.2 Å². The lowest BCUT2D eigenvalue weighted by Crippen LogP contribution is -2.43. The molecular weight excluding hydrogens is 270 g/mol. The van der Waals surface area contributed by atoms with Crippen LogP contribution < -0.4 is 17.0 Å². The number of hydrogen-bond acceptors (Lipinski definition) is 4. The van der Waals surface area contributed by atoms with E-state index in [0.29, 0.717) is 12.0 Å². The summed E-state index contributed by atoms with van der Waals surface area (Å²) in [5, 5.41) is 0. The van der Waals surface area contributed by atoms with Gasteiger partial charge in [-0.15, -0.1) is 0 Å². The van der Waals surface area contributed by atoms with Crippen molar-refractivity contribution in [2.45, 2.75) is 26.3 Å². The standard InChI is InChI=1S/C15H17N3O3/c1-2-3-9-17-13(19)10-12(16)18(15(17)21)14(20)11-7-5-4-6-8-11/h4-8,10H,2-3,9,16H2,1H3. The largest absolute Gasteiger partial charge is 0.384 e. The van der Waals surface area contributed by atoms with Gasteiger partial charge in [-0.2, -0.15) is 0 Å². The zero-order chi connectivity index (χ0) is 15.4. The maximum atomic E-state index is 12.4.